The molecule has 3 aromatic rings. The van der Waals surface area contributed by atoms with E-state index in [2.05, 4.69) is 14.9 Å². The van der Waals surface area contributed by atoms with Gasteiger partial charge in [0.15, 0.2) is 0 Å². The first-order valence-corrected chi connectivity index (χ1v) is 11.5. The van der Waals surface area contributed by atoms with Crippen LogP contribution in [0.15, 0.2) is 50.5 Å². The fourth-order valence-electron chi connectivity index (χ4n) is 3.65. The van der Waals surface area contributed by atoms with Crippen LogP contribution < -0.4 is 15.2 Å². The van der Waals surface area contributed by atoms with Crippen molar-refractivity contribution in [3.05, 3.63) is 74.6 Å². The zero-order valence-electron chi connectivity index (χ0n) is 17.6. The summed E-state index contributed by atoms with van der Waals surface area (Å²) in [4.78, 5) is 11.5. The van der Waals surface area contributed by atoms with Crippen LogP contribution in [-0.2, 0) is 16.4 Å². The van der Waals surface area contributed by atoms with Crippen molar-refractivity contribution in [2.45, 2.75) is 44.0 Å². The second kappa shape index (κ2) is 9.25. The molecule has 0 saturated heterocycles. The van der Waals surface area contributed by atoms with Gasteiger partial charge in [-0.1, -0.05) is 43.6 Å². The Morgan fingerprint density at radius 1 is 1.29 bits per heavy atom. The minimum absolute atomic E-state index is 0.0578. The lowest BCUT2D eigenvalue weighted by Crippen LogP contribution is -2.33. The molecule has 0 bridgehead atoms. The SMILES string of the molecule is CCc1c(C)cccc1[C@@H](C)[C@H](NS(=O)(=O)c1ccc(Cl)cc1OC)c1n[nH]c(=O)o1. The molecular formula is C21H24ClN3O5S. The number of aromatic nitrogens is 2. The minimum atomic E-state index is -4.09. The quantitative estimate of drug-likeness (QED) is 0.524. The molecule has 31 heavy (non-hydrogen) atoms. The van der Waals surface area contributed by atoms with E-state index in [1.165, 1.54) is 25.3 Å². The maximum atomic E-state index is 13.3. The average Bonchev–Trinajstić information content (AvgIpc) is 3.17. The predicted octanol–water partition coefficient (Wildman–Crippen LogP) is 3.72. The van der Waals surface area contributed by atoms with Crippen molar-refractivity contribution in [2.24, 2.45) is 0 Å². The molecule has 2 aromatic carbocycles. The fourth-order valence-corrected chi connectivity index (χ4v) is 5.23. The van der Waals surface area contributed by atoms with Gasteiger partial charge in [0.2, 0.25) is 15.9 Å². The highest BCUT2D eigenvalue weighted by atomic mass is 35.5. The molecule has 0 unspecified atom stereocenters. The molecule has 0 aliphatic rings. The van der Waals surface area contributed by atoms with E-state index in [1.54, 1.807) is 0 Å². The van der Waals surface area contributed by atoms with Crippen molar-refractivity contribution >= 4 is 21.6 Å². The van der Waals surface area contributed by atoms with Crippen LogP contribution in [-0.4, -0.2) is 25.7 Å². The topological polar surface area (TPSA) is 114 Å². The van der Waals surface area contributed by atoms with E-state index in [9.17, 15) is 13.2 Å². The van der Waals surface area contributed by atoms with Crippen molar-refractivity contribution in [3.8, 4) is 5.75 Å². The van der Waals surface area contributed by atoms with Gasteiger partial charge in [-0.15, -0.1) is 5.10 Å². The molecule has 0 radical (unpaired) electrons. The average molecular weight is 466 g/mol. The third-order valence-corrected chi connectivity index (χ3v) is 6.92. The summed E-state index contributed by atoms with van der Waals surface area (Å²) in [6.07, 6.45) is 0.765. The summed E-state index contributed by atoms with van der Waals surface area (Å²) in [6.45, 7) is 5.89. The van der Waals surface area contributed by atoms with E-state index in [0.717, 1.165) is 23.1 Å². The van der Waals surface area contributed by atoms with Gasteiger partial charge < -0.3 is 9.15 Å². The van der Waals surface area contributed by atoms with E-state index in [0.29, 0.717) is 5.02 Å². The molecule has 166 valence electrons. The Hall–Kier alpha value is -2.62. The maximum Gasteiger partial charge on any atom is 0.434 e. The standard InChI is InChI=1S/C21H24ClN3O5S/c1-5-15-12(2)7-6-8-16(15)13(3)19(20-23-24-21(26)30-20)25-31(27,28)18-10-9-14(22)11-17(18)29-4/h6-11,13,19,25H,5H2,1-4H3,(H,24,26)/t13-,19+/m1/s1. The molecule has 0 aliphatic heterocycles. The lowest BCUT2D eigenvalue weighted by molar-refractivity contribution is 0.378. The molecule has 2 atom stereocenters. The first kappa shape index (κ1) is 23.1. The van der Waals surface area contributed by atoms with Gasteiger partial charge in [0.25, 0.3) is 0 Å². The Kier molecular flexibility index (Phi) is 6.88. The summed E-state index contributed by atoms with van der Waals surface area (Å²) in [5, 5.41) is 6.43. The summed E-state index contributed by atoms with van der Waals surface area (Å²) in [6, 6.07) is 9.13. The van der Waals surface area contributed by atoms with E-state index in [4.69, 9.17) is 20.8 Å². The van der Waals surface area contributed by atoms with Crippen LogP contribution in [0.5, 0.6) is 5.75 Å². The number of hydrogen-bond acceptors (Lipinski definition) is 6. The Morgan fingerprint density at radius 3 is 2.65 bits per heavy atom. The summed E-state index contributed by atoms with van der Waals surface area (Å²) in [7, 11) is -2.73. The van der Waals surface area contributed by atoms with Crippen LogP contribution in [0.2, 0.25) is 5.02 Å². The maximum absolute atomic E-state index is 13.3. The van der Waals surface area contributed by atoms with Crippen molar-refractivity contribution in [1.82, 2.24) is 14.9 Å². The smallest absolute Gasteiger partial charge is 0.434 e. The van der Waals surface area contributed by atoms with Gasteiger partial charge in [-0.3, -0.25) is 0 Å². The molecule has 0 spiro atoms. The van der Waals surface area contributed by atoms with Gasteiger partial charge in [-0.2, -0.15) is 4.72 Å². The third-order valence-electron chi connectivity index (χ3n) is 5.21. The summed E-state index contributed by atoms with van der Waals surface area (Å²) in [5.74, 6) is -1.12. The number of benzene rings is 2. The second-order valence-corrected chi connectivity index (χ2v) is 9.25. The van der Waals surface area contributed by atoms with Crippen molar-refractivity contribution in [1.29, 1.82) is 0 Å². The van der Waals surface area contributed by atoms with Gasteiger partial charge >= 0.3 is 5.76 Å². The molecule has 0 fully saturated rings. The number of aryl methyl sites for hydroxylation is 1. The van der Waals surface area contributed by atoms with Crippen molar-refractivity contribution < 1.29 is 17.6 Å². The molecule has 3 rings (SSSR count). The Bertz CT molecular complexity index is 1240. The van der Waals surface area contributed by atoms with Crippen LogP contribution in [0, 0.1) is 6.92 Å². The number of ether oxygens (including phenoxy) is 1. The zero-order chi connectivity index (χ0) is 22.8. The third kappa shape index (κ3) is 4.84. The molecule has 0 aliphatic carbocycles. The summed E-state index contributed by atoms with van der Waals surface area (Å²) >= 11 is 5.97. The molecule has 2 N–H and O–H groups in total. The van der Waals surface area contributed by atoms with Gasteiger partial charge in [0.1, 0.15) is 16.7 Å². The summed E-state index contributed by atoms with van der Waals surface area (Å²) < 4.78 is 39.5. The lowest BCUT2D eigenvalue weighted by Gasteiger charge is -2.25. The van der Waals surface area contributed by atoms with Gasteiger partial charge in [0, 0.05) is 17.0 Å². The highest BCUT2D eigenvalue weighted by molar-refractivity contribution is 7.89. The molecular weight excluding hydrogens is 442 g/mol. The zero-order valence-corrected chi connectivity index (χ0v) is 19.2. The Morgan fingerprint density at radius 2 is 2.03 bits per heavy atom. The summed E-state index contributed by atoms with van der Waals surface area (Å²) in [5.41, 5.74) is 3.13. The largest absolute Gasteiger partial charge is 0.495 e. The van der Waals surface area contributed by atoms with Gasteiger partial charge in [0.05, 0.1) is 7.11 Å². The number of halogens is 1. The van der Waals surface area contributed by atoms with E-state index in [-0.39, 0.29) is 16.5 Å². The Balaban J connectivity index is 2.09. The van der Waals surface area contributed by atoms with Crippen LogP contribution in [0.1, 0.15) is 48.4 Å². The van der Waals surface area contributed by atoms with Crippen LogP contribution in [0.25, 0.3) is 0 Å². The monoisotopic (exact) mass is 465 g/mol. The highest BCUT2D eigenvalue weighted by Crippen LogP contribution is 2.35. The first-order chi connectivity index (χ1) is 14.7. The molecule has 10 heteroatoms. The number of nitrogens with zero attached hydrogens (tertiary/aromatic N) is 1. The lowest BCUT2D eigenvalue weighted by atomic mass is 9.87. The predicted molar refractivity (Wildman–Crippen MR) is 117 cm³/mol. The fraction of sp³-hybridized carbons (Fsp3) is 0.333. The van der Waals surface area contributed by atoms with Crippen molar-refractivity contribution in [2.75, 3.05) is 7.11 Å². The molecule has 1 aromatic heterocycles. The number of rotatable bonds is 8. The number of sulfonamides is 1. The number of aromatic amines is 1. The van der Waals surface area contributed by atoms with Crippen molar-refractivity contribution in [3.63, 3.8) is 0 Å². The highest BCUT2D eigenvalue weighted by Gasteiger charge is 2.33. The van der Waals surface area contributed by atoms with Crippen LogP contribution in [0.3, 0.4) is 0 Å². The molecule has 1 heterocycles. The number of H-pyrrole nitrogens is 1. The number of hydrogen-bond donors (Lipinski definition) is 2. The molecule has 0 saturated carbocycles. The number of methoxy groups -OCH3 is 1. The normalized spacial score (nSPS) is 13.7. The van der Waals surface area contributed by atoms with Gasteiger partial charge in [-0.05, 0) is 42.2 Å². The van der Waals surface area contributed by atoms with Crippen LogP contribution in [0.4, 0.5) is 0 Å². The number of nitrogens with one attached hydrogen (secondary N) is 2. The van der Waals surface area contributed by atoms with E-state index in [1.807, 2.05) is 39.0 Å². The molecule has 8 nitrogen and oxygen atoms in total. The first-order valence-electron chi connectivity index (χ1n) is 9.67. The van der Waals surface area contributed by atoms with E-state index >= 15 is 0 Å². The van der Waals surface area contributed by atoms with Gasteiger partial charge in [-0.25, -0.2) is 18.3 Å². The second-order valence-electron chi connectivity index (χ2n) is 7.13. The van der Waals surface area contributed by atoms with E-state index < -0.39 is 27.7 Å². The minimum Gasteiger partial charge on any atom is -0.495 e. The molecule has 0 amide bonds. The van der Waals surface area contributed by atoms with Crippen LogP contribution >= 0.6 is 11.6 Å². The Labute approximate surface area is 185 Å².